The minimum absolute atomic E-state index is 0.229. The van der Waals surface area contributed by atoms with Gasteiger partial charge in [0.1, 0.15) is 17.3 Å². The summed E-state index contributed by atoms with van der Waals surface area (Å²) >= 11 is 1.43. The van der Waals surface area contributed by atoms with E-state index in [1.807, 2.05) is 29.6 Å². The van der Waals surface area contributed by atoms with E-state index in [0.29, 0.717) is 22.2 Å². The number of nitrogens with one attached hydrogen (secondary N) is 1. The number of methoxy groups -OCH3 is 1. The Morgan fingerprint density at radius 1 is 1.31 bits per heavy atom. The highest BCUT2D eigenvalue weighted by molar-refractivity contribution is 7.14. The Hall–Kier alpha value is -2.68. The standard InChI is InChI=1S/C21H23N3O4S/c1-14-18(11-19(28-14)15-4-3-5-17(10-15)26-2)20(25)23-21-22-16(13-29-21)12-24-6-8-27-9-7-24/h3-5,10-11,13H,6-9,12H2,1-2H3,(H,22,23,25). The van der Waals surface area contributed by atoms with Crippen LogP contribution >= 0.6 is 11.3 Å². The molecular formula is C21H23N3O4S. The molecule has 0 bridgehead atoms. The summed E-state index contributed by atoms with van der Waals surface area (Å²) in [5, 5.41) is 5.45. The zero-order chi connectivity index (χ0) is 20.2. The van der Waals surface area contributed by atoms with Gasteiger partial charge in [-0.05, 0) is 25.1 Å². The van der Waals surface area contributed by atoms with Crippen LogP contribution in [0, 0.1) is 6.92 Å². The maximum absolute atomic E-state index is 12.7. The van der Waals surface area contributed by atoms with Crippen molar-refractivity contribution in [1.82, 2.24) is 9.88 Å². The van der Waals surface area contributed by atoms with Crippen LogP contribution in [0.25, 0.3) is 11.3 Å². The number of amides is 1. The van der Waals surface area contributed by atoms with Crippen LogP contribution < -0.4 is 10.1 Å². The summed E-state index contributed by atoms with van der Waals surface area (Å²) < 4.78 is 16.4. The van der Waals surface area contributed by atoms with Crippen molar-refractivity contribution in [3.63, 3.8) is 0 Å². The van der Waals surface area contributed by atoms with E-state index in [2.05, 4.69) is 15.2 Å². The normalized spacial score (nSPS) is 14.7. The van der Waals surface area contributed by atoms with Crippen LogP contribution in [0.3, 0.4) is 0 Å². The summed E-state index contributed by atoms with van der Waals surface area (Å²) in [5.74, 6) is 1.69. The fourth-order valence-electron chi connectivity index (χ4n) is 3.22. The van der Waals surface area contributed by atoms with Crippen LogP contribution in [-0.2, 0) is 11.3 Å². The number of aryl methyl sites for hydroxylation is 1. The third-order valence-corrected chi connectivity index (χ3v) is 5.58. The number of benzene rings is 1. The first-order valence-electron chi connectivity index (χ1n) is 9.43. The lowest BCUT2D eigenvalue weighted by molar-refractivity contribution is 0.0337. The molecular weight excluding hydrogens is 390 g/mol. The predicted molar refractivity (Wildman–Crippen MR) is 112 cm³/mol. The third kappa shape index (κ3) is 4.67. The molecule has 1 aliphatic rings. The lowest BCUT2D eigenvalue weighted by Gasteiger charge is -2.25. The molecule has 1 saturated heterocycles. The number of furan rings is 1. The Bertz CT molecular complexity index is 991. The predicted octanol–water partition coefficient (Wildman–Crippen LogP) is 3.80. The van der Waals surface area contributed by atoms with Crippen LogP contribution in [0.1, 0.15) is 21.8 Å². The Balaban J connectivity index is 1.44. The first-order chi connectivity index (χ1) is 14.1. The molecule has 2 aromatic heterocycles. The Kier molecular flexibility index (Phi) is 5.94. The average Bonchev–Trinajstić information content (AvgIpc) is 3.35. The summed E-state index contributed by atoms with van der Waals surface area (Å²) in [6.45, 7) is 5.86. The van der Waals surface area contributed by atoms with Crippen LogP contribution in [-0.4, -0.2) is 49.2 Å². The van der Waals surface area contributed by atoms with Gasteiger partial charge in [-0.15, -0.1) is 11.3 Å². The summed E-state index contributed by atoms with van der Waals surface area (Å²) in [6, 6.07) is 9.29. The molecule has 1 aromatic carbocycles. The summed E-state index contributed by atoms with van der Waals surface area (Å²) in [7, 11) is 1.62. The Morgan fingerprint density at radius 2 is 2.14 bits per heavy atom. The molecule has 8 heteroatoms. The minimum atomic E-state index is -0.229. The molecule has 0 saturated carbocycles. The second-order valence-corrected chi connectivity index (χ2v) is 7.66. The Morgan fingerprint density at radius 3 is 2.93 bits per heavy atom. The highest BCUT2D eigenvalue weighted by Crippen LogP contribution is 2.29. The molecule has 0 unspecified atom stereocenters. The van der Waals surface area contributed by atoms with E-state index in [9.17, 15) is 4.79 Å². The second-order valence-electron chi connectivity index (χ2n) is 6.80. The molecule has 1 amide bonds. The van der Waals surface area contributed by atoms with Crippen LogP contribution in [0.5, 0.6) is 5.75 Å². The number of hydrogen-bond acceptors (Lipinski definition) is 7. The third-order valence-electron chi connectivity index (χ3n) is 4.78. The van der Waals surface area contributed by atoms with Gasteiger partial charge in [0, 0.05) is 30.6 Å². The smallest absolute Gasteiger partial charge is 0.261 e. The van der Waals surface area contributed by atoms with Gasteiger partial charge in [0.15, 0.2) is 5.13 Å². The van der Waals surface area contributed by atoms with Crippen molar-refractivity contribution >= 4 is 22.4 Å². The molecule has 0 aliphatic carbocycles. The number of anilines is 1. The lowest BCUT2D eigenvalue weighted by Crippen LogP contribution is -2.35. The van der Waals surface area contributed by atoms with Crippen LogP contribution in [0.2, 0.25) is 0 Å². The van der Waals surface area contributed by atoms with E-state index >= 15 is 0 Å². The lowest BCUT2D eigenvalue weighted by atomic mass is 10.1. The van der Waals surface area contributed by atoms with Gasteiger partial charge in [-0.2, -0.15) is 0 Å². The SMILES string of the molecule is COc1cccc(-c2cc(C(=O)Nc3nc(CN4CCOCC4)cs3)c(C)o2)c1. The summed E-state index contributed by atoms with van der Waals surface area (Å²) in [5.41, 5.74) is 2.30. The number of nitrogens with zero attached hydrogens (tertiary/aromatic N) is 2. The van der Waals surface area contributed by atoms with Crippen molar-refractivity contribution in [3.8, 4) is 17.1 Å². The number of ether oxygens (including phenoxy) is 2. The van der Waals surface area contributed by atoms with E-state index in [-0.39, 0.29) is 5.91 Å². The highest BCUT2D eigenvalue weighted by Gasteiger charge is 2.18. The fraction of sp³-hybridized carbons (Fsp3) is 0.333. The fourth-order valence-corrected chi connectivity index (χ4v) is 3.91. The molecule has 1 aliphatic heterocycles. The topological polar surface area (TPSA) is 76.8 Å². The molecule has 29 heavy (non-hydrogen) atoms. The van der Waals surface area contributed by atoms with Gasteiger partial charge in [0.2, 0.25) is 0 Å². The molecule has 152 valence electrons. The molecule has 0 radical (unpaired) electrons. The van der Waals surface area contributed by atoms with E-state index in [0.717, 1.165) is 49.9 Å². The van der Waals surface area contributed by atoms with E-state index in [1.165, 1.54) is 11.3 Å². The minimum Gasteiger partial charge on any atom is -0.497 e. The quantitative estimate of drug-likeness (QED) is 0.662. The summed E-state index contributed by atoms with van der Waals surface area (Å²) in [4.78, 5) is 19.6. The zero-order valence-corrected chi connectivity index (χ0v) is 17.3. The first-order valence-corrected chi connectivity index (χ1v) is 10.3. The zero-order valence-electron chi connectivity index (χ0n) is 16.4. The van der Waals surface area contributed by atoms with Crippen LogP contribution in [0.15, 0.2) is 40.1 Å². The van der Waals surface area contributed by atoms with Gasteiger partial charge >= 0.3 is 0 Å². The number of carbonyl (C=O) groups excluding carboxylic acids is 1. The average molecular weight is 413 g/mol. The van der Waals surface area contributed by atoms with Crippen LogP contribution in [0.4, 0.5) is 5.13 Å². The van der Waals surface area contributed by atoms with Crippen molar-refractivity contribution < 1.29 is 18.7 Å². The van der Waals surface area contributed by atoms with Gasteiger partial charge in [-0.3, -0.25) is 15.0 Å². The number of rotatable bonds is 6. The van der Waals surface area contributed by atoms with Gasteiger partial charge in [-0.1, -0.05) is 12.1 Å². The molecule has 1 fully saturated rings. The van der Waals surface area contributed by atoms with Gasteiger partial charge in [0.25, 0.3) is 5.91 Å². The molecule has 0 spiro atoms. The van der Waals surface area contributed by atoms with Crippen molar-refractivity contribution in [2.45, 2.75) is 13.5 Å². The van der Waals surface area contributed by atoms with Crippen molar-refractivity contribution in [2.75, 3.05) is 38.7 Å². The monoisotopic (exact) mass is 413 g/mol. The molecule has 3 heterocycles. The first kappa shape index (κ1) is 19.6. The molecule has 3 aromatic rings. The Labute approximate surface area is 173 Å². The second kappa shape index (κ2) is 8.77. The van der Waals surface area contributed by atoms with E-state index in [1.54, 1.807) is 20.1 Å². The van der Waals surface area contributed by atoms with E-state index in [4.69, 9.17) is 13.9 Å². The molecule has 1 N–H and O–H groups in total. The summed E-state index contributed by atoms with van der Waals surface area (Å²) in [6.07, 6.45) is 0. The van der Waals surface area contributed by atoms with Crippen molar-refractivity contribution in [2.24, 2.45) is 0 Å². The highest BCUT2D eigenvalue weighted by atomic mass is 32.1. The number of carbonyl (C=O) groups is 1. The van der Waals surface area contributed by atoms with Crippen molar-refractivity contribution in [1.29, 1.82) is 0 Å². The van der Waals surface area contributed by atoms with Gasteiger partial charge in [-0.25, -0.2) is 4.98 Å². The van der Waals surface area contributed by atoms with E-state index < -0.39 is 0 Å². The number of morpholine rings is 1. The van der Waals surface area contributed by atoms with Gasteiger partial charge in [0.05, 0.1) is 31.6 Å². The molecule has 0 atom stereocenters. The number of hydrogen-bond donors (Lipinski definition) is 1. The number of thiazole rings is 1. The number of aromatic nitrogens is 1. The molecule has 4 rings (SSSR count). The van der Waals surface area contributed by atoms with Gasteiger partial charge < -0.3 is 13.9 Å². The van der Waals surface area contributed by atoms with Crippen molar-refractivity contribution in [3.05, 3.63) is 52.7 Å². The molecule has 7 nitrogen and oxygen atoms in total. The maximum Gasteiger partial charge on any atom is 0.261 e. The maximum atomic E-state index is 12.7. The largest absolute Gasteiger partial charge is 0.497 e.